The summed E-state index contributed by atoms with van der Waals surface area (Å²) in [6.45, 7) is 5.99. The van der Waals surface area contributed by atoms with E-state index in [0.29, 0.717) is 22.9 Å². The van der Waals surface area contributed by atoms with Gasteiger partial charge < -0.3 is 25.3 Å². The van der Waals surface area contributed by atoms with E-state index in [2.05, 4.69) is 47.9 Å². The number of anilines is 5. The van der Waals surface area contributed by atoms with Crippen molar-refractivity contribution >= 4 is 39.9 Å². The van der Waals surface area contributed by atoms with E-state index in [1.807, 2.05) is 31.2 Å². The van der Waals surface area contributed by atoms with Gasteiger partial charge in [0.1, 0.15) is 5.82 Å². The number of hydrogen-bond donors (Lipinski definition) is 4. The molecule has 0 saturated carbocycles. The van der Waals surface area contributed by atoms with Crippen molar-refractivity contribution in [2.75, 3.05) is 41.7 Å². The number of benzene rings is 2. The zero-order chi connectivity index (χ0) is 21.2. The highest BCUT2D eigenvalue weighted by molar-refractivity contribution is 5.78. The van der Waals surface area contributed by atoms with E-state index in [9.17, 15) is 4.79 Å². The van der Waals surface area contributed by atoms with Crippen LogP contribution in [-0.4, -0.2) is 41.1 Å². The van der Waals surface area contributed by atoms with Crippen molar-refractivity contribution in [1.82, 2.24) is 20.3 Å². The van der Waals surface area contributed by atoms with Crippen LogP contribution in [0.2, 0.25) is 0 Å². The second-order valence-electron chi connectivity index (χ2n) is 7.48. The molecule has 1 aliphatic rings. The summed E-state index contributed by atoms with van der Waals surface area (Å²) in [5, 5.41) is 9.92. The fourth-order valence-corrected chi connectivity index (χ4v) is 3.60. The number of aromatic nitrogens is 3. The minimum Gasteiger partial charge on any atom is -0.408 e. The van der Waals surface area contributed by atoms with E-state index in [-0.39, 0.29) is 0 Å². The molecule has 1 fully saturated rings. The molecule has 1 aliphatic heterocycles. The second-order valence-corrected chi connectivity index (χ2v) is 7.48. The number of aromatic amines is 1. The van der Waals surface area contributed by atoms with Crippen LogP contribution in [0.15, 0.2) is 57.9 Å². The van der Waals surface area contributed by atoms with Crippen molar-refractivity contribution in [2.24, 2.45) is 0 Å². The summed E-state index contributed by atoms with van der Waals surface area (Å²) in [5.41, 5.74) is 4.97. The third-order valence-electron chi connectivity index (χ3n) is 5.26. The molecule has 3 heterocycles. The van der Waals surface area contributed by atoms with Gasteiger partial charge in [0, 0.05) is 55.0 Å². The highest BCUT2D eigenvalue weighted by Crippen LogP contribution is 2.24. The molecule has 2 aromatic carbocycles. The molecule has 158 valence electrons. The van der Waals surface area contributed by atoms with E-state index >= 15 is 0 Å². The molecule has 4 N–H and O–H groups in total. The molecule has 0 bridgehead atoms. The Morgan fingerprint density at radius 1 is 1.03 bits per heavy atom. The van der Waals surface area contributed by atoms with Crippen LogP contribution < -0.4 is 26.6 Å². The van der Waals surface area contributed by atoms with Gasteiger partial charge in [0.2, 0.25) is 5.95 Å². The number of H-pyrrole nitrogens is 1. The van der Waals surface area contributed by atoms with E-state index in [4.69, 9.17) is 4.42 Å². The lowest BCUT2D eigenvalue weighted by Crippen LogP contribution is -2.43. The van der Waals surface area contributed by atoms with Crippen LogP contribution >= 0.6 is 0 Å². The van der Waals surface area contributed by atoms with Crippen molar-refractivity contribution in [3.63, 3.8) is 0 Å². The van der Waals surface area contributed by atoms with Gasteiger partial charge in [0.05, 0.1) is 5.52 Å². The first-order valence-corrected chi connectivity index (χ1v) is 10.2. The van der Waals surface area contributed by atoms with Crippen molar-refractivity contribution in [3.8, 4) is 0 Å². The van der Waals surface area contributed by atoms with E-state index in [1.165, 1.54) is 5.69 Å². The molecule has 0 aliphatic carbocycles. The first kappa shape index (κ1) is 19.1. The van der Waals surface area contributed by atoms with E-state index in [0.717, 1.165) is 43.1 Å². The maximum atomic E-state index is 11.4. The SMILES string of the molecule is Cc1cnc(Nc2ccc(N3CCNCC3)cc2)nc1Nc1ccc2oc(=O)[nH]c2c1. The molecule has 5 rings (SSSR count). The van der Waals surface area contributed by atoms with Crippen LogP contribution in [0.5, 0.6) is 0 Å². The Hall–Kier alpha value is -3.85. The molecule has 0 radical (unpaired) electrons. The van der Waals surface area contributed by atoms with Gasteiger partial charge in [-0.3, -0.25) is 4.98 Å². The monoisotopic (exact) mass is 417 g/mol. The third kappa shape index (κ3) is 4.22. The Labute approximate surface area is 178 Å². The van der Waals surface area contributed by atoms with E-state index in [1.54, 1.807) is 12.3 Å². The Bertz CT molecular complexity index is 1260. The molecule has 9 nitrogen and oxygen atoms in total. The molecular formula is C22H23N7O2. The first-order chi connectivity index (χ1) is 15.1. The summed E-state index contributed by atoms with van der Waals surface area (Å²) in [6.07, 6.45) is 1.77. The van der Waals surface area contributed by atoms with Gasteiger partial charge in [-0.1, -0.05) is 0 Å². The fourth-order valence-electron chi connectivity index (χ4n) is 3.60. The number of fused-ring (bicyclic) bond motifs is 1. The molecule has 0 amide bonds. The van der Waals surface area contributed by atoms with Gasteiger partial charge in [-0.15, -0.1) is 0 Å². The molecule has 0 spiro atoms. The fraction of sp³-hybridized carbons (Fsp3) is 0.227. The highest BCUT2D eigenvalue weighted by Gasteiger charge is 2.11. The van der Waals surface area contributed by atoms with Gasteiger partial charge >= 0.3 is 5.76 Å². The Morgan fingerprint density at radius 3 is 2.61 bits per heavy atom. The van der Waals surface area contributed by atoms with Gasteiger partial charge in [-0.2, -0.15) is 4.98 Å². The van der Waals surface area contributed by atoms with Crippen molar-refractivity contribution < 1.29 is 4.42 Å². The summed E-state index contributed by atoms with van der Waals surface area (Å²) in [4.78, 5) is 25.4. The molecule has 31 heavy (non-hydrogen) atoms. The summed E-state index contributed by atoms with van der Waals surface area (Å²) < 4.78 is 5.05. The maximum absolute atomic E-state index is 11.4. The van der Waals surface area contributed by atoms with Crippen LogP contribution in [0.25, 0.3) is 11.1 Å². The van der Waals surface area contributed by atoms with Crippen LogP contribution in [0, 0.1) is 6.92 Å². The van der Waals surface area contributed by atoms with Gasteiger partial charge in [-0.25, -0.2) is 9.78 Å². The van der Waals surface area contributed by atoms with Crippen LogP contribution in [0.1, 0.15) is 5.56 Å². The average Bonchev–Trinajstić information content (AvgIpc) is 3.16. The average molecular weight is 417 g/mol. The normalized spacial score (nSPS) is 14.0. The number of aryl methyl sites for hydroxylation is 1. The van der Waals surface area contributed by atoms with Crippen LogP contribution in [0.4, 0.5) is 28.8 Å². The lowest BCUT2D eigenvalue weighted by molar-refractivity contribution is 0.555. The molecule has 2 aromatic heterocycles. The summed E-state index contributed by atoms with van der Waals surface area (Å²) in [5.74, 6) is 0.709. The molecule has 1 saturated heterocycles. The third-order valence-corrected chi connectivity index (χ3v) is 5.26. The first-order valence-electron chi connectivity index (χ1n) is 10.2. The Kier molecular flexibility index (Phi) is 5.01. The maximum Gasteiger partial charge on any atom is 0.417 e. The predicted molar refractivity (Wildman–Crippen MR) is 122 cm³/mol. The summed E-state index contributed by atoms with van der Waals surface area (Å²) in [6, 6.07) is 13.7. The number of nitrogens with one attached hydrogen (secondary N) is 4. The lowest BCUT2D eigenvalue weighted by Gasteiger charge is -2.29. The number of rotatable bonds is 5. The second kappa shape index (κ2) is 8.11. The van der Waals surface area contributed by atoms with Crippen molar-refractivity contribution in [1.29, 1.82) is 0 Å². The highest BCUT2D eigenvalue weighted by atomic mass is 16.4. The molecule has 9 heteroatoms. The predicted octanol–water partition coefficient (Wildman–Crippen LogP) is 3.12. The van der Waals surface area contributed by atoms with Gasteiger partial charge in [0.15, 0.2) is 5.58 Å². The van der Waals surface area contributed by atoms with E-state index < -0.39 is 5.76 Å². The lowest BCUT2D eigenvalue weighted by atomic mass is 10.2. The smallest absolute Gasteiger partial charge is 0.408 e. The Balaban J connectivity index is 1.32. The quantitative estimate of drug-likeness (QED) is 0.392. The zero-order valence-electron chi connectivity index (χ0n) is 17.1. The summed E-state index contributed by atoms with van der Waals surface area (Å²) >= 11 is 0. The van der Waals surface area contributed by atoms with Gasteiger partial charge in [0.25, 0.3) is 0 Å². The zero-order valence-corrected chi connectivity index (χ0v) is 17.1. The van der Waals surface area contributed by atoms with Crippen LogP contribution in [-0.2, 0) is 0 Å². The molecule has 0 unspecified atom stereocenters. The summed E-state index contributed by atoms with van der Waals surface area (Å²) in [7, 11) is 0. The van der Waals surface area contributed by atoms with Crippen molar-refractivity contribution in [3.05, 3.63) is 64.8 Å². The number of nitrogens with zero attached hydrogens (tertiary/aromatic N) is 3. The topological polar surface area (TPSA) is 111 Å². The Morgan fingerprint density at radius 2 is 1.81 bits per heavy atom. The van der Waals surface area contributed by atoms with Gasteiger partial charge in [-0.05, 0) is 49.4 Å². The number of oxazole rings is 1. The van der Waals surface area contributed by atoms with Crippen molar-refractivity contribution in [2.45, 2.75) is 6.92 Å². The molecule has 4 aromatic rings. The molecular weight excluding hydrogens is 394 g/mol. The standard InChI is InChI=1S/C22H23N7O2/c1-14-13-24-21(26-15-2-5-17(6-3-15)29-10-8-23-9-11-29)28-20(14)25-16-4-7-19-18(12-16)27-22(30)31-19/h2-7,12-13,23H,8-11H2,1H3,(H,27,30)(H2,24,25,26,28). The largest absolute Gasteiger partial charge is 0.417 e. The number of piperazine rings is 1. The minimum atomic E-state index is -0.472. The minimum absolute atomic E-state index is 0.472. The number of hydrogen-bond acceptors (Lipinski definition) is 8. The van der Waals surface area contributed by atoms with Crippen LogP contribution in [0.3, 0.4) is 0 Å². The molecule has 0 atom stereocenters.